The third-order valence-electron chi connectivity index (χ3n) is 3.33. The first-order chi connectivity index (χ1) is 11.6. The largest absolute Gasteiger partial charge is 0.502 e. The van der Waals surface area contributed by atoms with Crippen LogP contribution in [-0.4, -0.2) is 32.3 Å². The number of sulfonamides is 1. The van der Waals surface area contributed by atoms with Gasteiger partial charge in [-0.25, -0.2) is 21.5 Å². The number of rotatable bonds is 5. The summed E-state index contributed by atoms with van der Waals surface area (Å²) in [4.78, 5) is 11.2. The van der Waals surface area contributed by atoms with Crippen LogP contribution in [0.15, 0.2) is 22.6 Å². The number of esters is 1. The number of carbonyl (C=O) groups excluding carboxylic acids is 1. The predicted molar refractivity (Wildman–Crippen MR) is 84.9 cm³/mol. The Morgan fingerprint density at radius 1 is 1.32 bits per heavy atom. The minimum atomic E-state index is -3.87. The van der Waals surface area contributed by atoms with Crippen LogP contribution in [0.4, 0.5) is 14.7 Å². The van der Waals surface area contributed by atoms with Crippen LogP contribution in [-0.2, 0) is 14.8 Å². The molecule has 0 amide bonds. The molecule has 136 valence electrons. The normalized spacial score (nSPS) is 11.4. The highest BCUT2D eigenvalue weighted by atomic mass is 32.2. The fourth-order valence-electron chi connectivity index (χ4n) is 2.04. The van der Waals surface area contributed by atoms with Crippen LogP contribution >= 0.6 is 0 Å². The van der Waals surface area contributed by atoms with Gasteiger partial charge in [0, 0.05) is 14.0 Å². The second kappa shape index (κ2) is 6.71. The number of benzene rings is 1. The van der Waals surface area contributed by atoms with Crippen LogP contribution in [0.2, 0.25) is 0 Å². The van der Waals surface area contributed by atoms with E-state index >= 15 is 0 Å². The summed E-state index contributed by atoms with van der Waals surface area (Å²) < 4.78 is 62.6. The number of anilines is 1. The molecule has 10 heteroatoms. The quantitative estimate of drug-likeness (QED) is 0.807. The number of hydrogen-bond acceptors (Lipinski definition) is 6. The number of hydrogen-bond donors (Lipinski definition) is 1. The number of ether oxygens (including phenoxy) is 1. The van der Waals surface area contributed by atoms with Crippen LogP contribution in [0.5, 0.6) is 11.5 Å². The maximum Gasteiger partial charge on any atom is 0.308 e. The molecule has 0 spiro atoms. The van der Waals surface area contributed by atoms with Crippen molar-refractivity contribution in [2.75, 3.05) is 17.1 Å². The molecular weight excluding hydrogens is 360 g/mol. The van der Waals surface area contributed by atoms with Crippen molar-refractivity contribution in [1.29, 1.82) is 0 Å². The van der Waals surface area contributed by atoms with Crippen molar-refractivity contribution in [3.63, 3.8) is 0 Å². The SMILES string of the molecule is CCS(=O)(=O)N(C)c1oc(-c2c(F)cccc2F)c(O)c1OC(C)=O. The molecule has 0 aliphatic rings. The molecule has 7 nitrogen and oxygen atoms in total. The van der Waals surface area contributed by atoms with Gasteiger partial charge >= 0.3 is 5.97 Å². The zero-order chi connectivity index (χ0) is 18.9. The van der Waals surface area contributed by atoms with Gasteiger partial charge in [-0.1, -0.05) is 6.07 Å². The fourth-order valence-corrected chi connectivity index (χ4v) is 2.80. The molecule has 0 aliphatic heterocycles. The standard InChI is InChI=1S/C15H15F2NO6S/c1-4-25(21,22)18(3)15-14(23-8(2)19)12(20)13(24-15)11-9(16)6-5-7-10(11)17/h5-7,20H,4H2,1-3H3. The maximum atomic E-state index is 14.0. The summed E-state index contributed by atoms with van der Waals surface area (Å²) in [5, 5.41) is 10.2. The van der Waals surface area contributed by atoms with E-state index in [9.17, 15) is 27.1 Å². The van der Waals surface area contributed by atoms with Crippen LogP contribution < -0.4 is 9.04 Å². The highest BCUT2D eigenvalue weighted by Gasteiger charge is 2.32. The molecule has 1 N–H and O–H groups in total. The predicted octanol–water partition coefficient (Wildman–Crippen LogP) is 2.64. The van der Waals surface area contributed by atoms with Gasteiger partial charge in [0.25, 0.3) is 5.88 Å². The molecule has 1 aromatic carbocycles. The van der Waals surface area contributed by atoms with E-state index in [2.05, 4.69) is 0 Å². The molecule has 2 aromatic rings. The molecule has 2 rings (SSSR count). The molecular formula is C15H15F2NO6S. The van der Waals surface area contributed by atoms with Crippen molar-refractivity contribution in [2.24, 2.45) is 0 Å². The summed E-state index contributed by atoms with van der Waals surface area (Å²) in [6, 6.07) is 2.96. The number of nitrogens with zero attached hydrogens (tertiary/aromatic N) is 1. The average Bonchev–Trinajstić information content (AvgIpc) is 2.83. The number of carbonyl (C=O) groups is 1. The zero-order valence-electron chi connectivity index (χ0n) is 13.5. The van der Waals surface area contributed by atoms with Crippen molar-refractivity contribution >= 4 is 21.9 Å². The molecule has 0 saturated carbocycles. The molecule has 0 bridgehead atoms. The van der Waals surface area contributed by atoms with E-state index in [4.69, 9.17) is 9.15 Å². The average molecular weight is 375 g/mol. The van der Waals surface area contributed by atoms with Gasteiger partial charge in [0.2, 0.25) is 21.5 Å². The lowest BCUT2D eigenvalue weighted by molar-refractivity contribution is -0.132. The van der Waals surface area contributed by atoms with Crippen LogP contribution in [0.25, 0.3) is 11.3 Å². The third-order valence-corrected chi connectivity index (χ3v) is 5.06. The van der Waals surface area contributed by atoms with Crippen LogP contribution in [0, 0.1) is 11.6 Å². The Hall–Kier alpha value is -2.62. The first kappa shape index (κ1) is 18.7. The van der Waals surface area contributed by atoms with E-state index in [0.29, 0.717) is 4.31 Å². The molecule has 25 heavy (non-hydrogen) atoms. The second-order valence-corrected chi connectivity index (χ2v) is 7.26. The van der Waals surface area contributed by atoms with Gasteiger partial charge in [0.15, 0.2) is 5.76 Å². The molecule has 0 atom stereocenters. The van der Waals surface area contributed by atoms with Gasteiger partial charge in [0.05, 0.1) is 11.3 Å². The smallest absolute Gasteiger partial charge is 0.308 e. The van der Waals surface area contributed by atoms with Gasteiger partial charge in [-0.2, -0.15) is 0 Å². The van der Waals surface area contributed by atoms with E-state index < -0.39 is 56.3 Å². The highest BCUT2D eigenvalue weighted by molar-refractivity contribution is 7.92. The minimum absolute atomic E-state index is 0.326. The third kappa shape index (κ3) is 3.43. The lowest BCUT2D eigenvalue weighted by Gasteiger charge is -2.16. The summed E-state index contributed by atoms with van der Waals surface area (Å²) in [7, 11) is -2.78. The van der Waals surface area contributed by atoms with E-state index in [1.54, 1.807) is 0 Å². The summed E-state index contributed by atoms with van der Waals surface area (Å²) in [6.07, 6.45) is 0. The molecule has 0 saturated heterocycles. The first-order valence-electron chi connectivity index (χ1n) is 7.05. The van der Waals surface area contributed by atoms with Gasteiger partial charge in [0.1, 0.15) is 11.6 Å². The summed E-state index contributed by atoms with van der Waals surface area (Å²) in [5.41, 5.74) is -0.720. The Balaban J connectivity index is 2.75. The summed E-state index contributed by atoms with van der Waals surface area (Å²) >= 11 is 0. The van der Waals surface area contributed by atoms with Crippen molar-refractivity contribution in [3.05, 3.63) is 29.8 Å². The molecule has 1 aromatic heterocycles. The van der Waals surface area contributed by atoms with Crippen LogP contribution in [0.3, 0.4) is 0 Å². The van der Waals surface area contributed by atoms with Crippen molar-refractivity contribution in [1.82, 2.24) is 0 Å². The van der Waals surface area contributed by atoms with Gasteiger partial charge in [-0.15, -0.1) is 0 Å². The first-order valence-corrected chi connectivity index (χ1v) is 8.66. The Bertz CT molecular complexity index is 902. The van der Waals surface area contributed by atoms with Gasteiger partial charge < -0.3 is 14.3 Å². The van der Waals surface area contributed by atoms with E-state index in [0.717, 1.165) is 32.2 Å². The zero-order valence-corrected chi connectivity index (χ0v) is 14.4. The minimum Gasteiger partial charge on any atom is -0.502 e. The lowest BCUT2D eigenvalue weighted by Crippen LogP contribution is -2.28. The van der Waals surface area contributed by atoms with Gasteiger partial charge in [-0.3, -0.25) is 4.79 Å². The van der Waals surface area contributed by atoms with E-state index in [1.165, 1.54) is 6.92 Å². The summed E-state index contributed by atoms with van der Waals surface area (Å²) in [5.74, 6) is -6.13. The topological polar surface area (TPSA) is 97.1 Å². The summed E-state index contributed by atoms with van der Waals surface area (Å²) in [6.45, 7) is 2.37. The van der Waals surface area contributed by atoms with E-state index in [1.807, 2.05) is 0 Å². The number of halogens is 2. The van der Waals surface area contributed by atoms with Crippen molar-refractivity contribution in [3.8, 4) is 22.8 Å². The fraction of sp³-hybridized carbons (Fsp3) is 0.267. The molecule has 0 radical (unpaired) electrons. The molecule has 0 fully saturated rings. The number of furan rings is 1. The van der Waals surface area contributed by atoms with Crippen LogP contribution in [0.1, 0.15) is 13.8 Å². The molecule has 0 unspecified atom stereocenters. The second-order valence-electron chi connectivity index (χ2n) is 4.97. The van der Waals surface area contributed by atoms with Gasteiger partial charge in [-0.05, 0) is 19.1 Å². The Morgan fingerprint density at radius 3 is 2.36 bits per heavy atom. The Labute approximate surface area is 142 Å². The highest BCUT2D eigenvalue weighted by Crippen LogP contribution is 2.49. The van der Waals surface area contributed by atoms with Crippen molar-refractivity contribution < 1.29 is 36.3 Å². The number of aromatic hydroxyl groups is 1. The Kier molecular flexibility index (Phi) is 5.02. The molecule has 1 heterocycles. The van der Waals surface area contributed by atoms with Crippen molar-refractivity contribution in [2.45, 2.75) is 13.8 Å². The monoisotopic (exact) mass is 375 g/mol. The Morgan fingerprint density at radius 2 is 1.88 bits per heavy atom. The molecule has 0 aliphatic carbocycles. The maximum absolute atomic E-state index is 14.0. The lowest BCUT2D eigenvalue weighted by atomic mass is 10.1. The van der Waals surface area contributed by atoms with E-state index in [-0.39, 0.29) is 5.75 Å².